The van der Waals surface area contributed by atoms with Crippen molar-refractivity contribution in [3.8, 4) is 22.9 Å². The highest BCUT2D eigenvalue weighted by atomic mass is 16.5. The number of aromatic nitrogens is 3. The molecular weight excluding hydrogens is 430 g/mol. The Morgan fingerprint density at radius 1 is 1.00 bits per heavy atom. The second-order valence-electron chi connectivity index (χ2n) is 8.39. The van der Waals surface area contributed by atoms with E-state index in [0.29, 0.717) is 5.88 Å². The van der Waals surface area contributed by atoms with Gasteiger partial charge in [0.25, 0.3) is 0 Å². The van der Waals surface area contributed by atoms with Gasteiger partial charge < -0.3 is 14.4 Å². The van der Waals surface area contributed by atoms with Crippen molar-refractivity contribution in [2.45, 2.75) is 6.54 Å². The predicted molar refractivity (Wildman–Crippen MR) is 130 cm³/mol. The second kappa shape index (κ2) is 10.0. The Morgan fingerprint density at radius 3 is 2.56 bits per heavy atom. The monoisotopic (exact) mass is 457 g/mol. The molecule has 0 aliphatic carbocycles. The molecule has 1 aliphatic rings. The number of H-pyrrole nitrogens is 1. The van der Waals surface area contributed by atoms with Gasteiger partial charge in [-0.3, -0.25) is 14.8 Å². The molecule has 0 spiro atoms. The molecule has 5 rings (SSSR count). The van der Waals surface area contributed by atoms with Gasteiger partial charge in [0.2, 0.25) is 11.8 Å². The number of hydrogen-bond donors (Lipinski definition) is 1. The number of benzene rings is 2. The van der Waals surface area contributed by atoms with E-state index in [9.17, 15) is 4.79 Å². The molecule has 0 radical (unpaired) electrons. The van der Waals surface area contributed by atoms with Crippen LogP contribution in [0, 0.1) is 0 Å². The van der Waals surface area contributed by atoms with Gasteiger partial charge in [-0.2, -0.15) is 5.10 Å². The van der Waals surface area contributed by atoms with E-state index >= 15 is 0 Å². The Balaban J connectivity index is 1.20. The molecule has 34 heavy (non-hydrogen) atoms. The third-order valence-corrected chi connectivity index (χ3v) is 6.05. The molecule has 1 saturated heterocycles. The van der Waals surface area contributed by atoms with Crippen LogP contribution >= 0.6 is 0 Å². The van der Waals surface area contributed by atoms with Gasteiger partial charge in [0.1, 0.15) is 12.4 Å². The molecule has 1 fully saturated rings. The van der Waals surface area contributed by atoms with E-state index in [1.165, 1.54) is 10.9 Å². The summed E-state index contributed by atoms with van der Waals surface area (Å²) in [6, 6.07) is 18.3. The maximum atomic E-state index is 12.0. The lowest BCUT2D eigenvalue weighted by molar-refractivity contribution is -0.136. The van der Waals surface area contributed by atoms with Crippen LogP contribution in [-0.2, 0) is 16.1 Å². The van der Waals surface area contributed by atoms with Crippen LogP contribution in [0.4, 0.5) is 0 Å². The Morgan fingerprint density at radius 2 is 1.82 bits per heavy atom. The van der Waals surface area contributed by atoms with Crippen LogP contribution in [0.2, 0.25) is 0 Å². The number of nitrogens with zero attached hydrogens (tertiary/aromatic N) is 4. The first-order chi connectivity index (χ1) is 16.7. The van der Waals surface area contributed by atoms with Gasteiger partial charge in [0.15, 0.2) is 0 Å². The molecule has 0 atom stereocenters. The summed E-state index contributed by atoms with van der Waals surface area (Å²) in [6.45, 7) is 4.25. The molecule has 2 aromatic carbocycles. The molecule has 0 unspecified atom stereocenters. The average molecular weight is 458 g/mol. The molecule has 174 valence electrons. The van der Waals surface area contributed by atoms with Gasteiger partial charge >= 0.3 is 0 Å². The zero-order valence-electron chi connectivity index (χ0n) is 19.1. The molecule has 0 saturated carbocycles. The molecule has 1 amide bonds. The first-order valence-electron chi connectivity index (χ1n) is 11.3. The Hall–Kier alpha value is -3.75. The summed E-state index contributed by atoms with van der Waals surface area (Å²) in [6.07, 6.45) is 3.48. The molecule has 8 heteroatoms. The van der Waals surface area contributed by atoms with Gasteiger partial charge in [-0.25, -0.2) is 4.98 Å². The lowest BCUT2D eigenvalue weighted by Crippen LogP contribution is -2.49. The van der Waals surface area contributed by atoms with Crippen LogP contribution in [0.15, 0.2) is 67.0 Å². The number of carbonyl (C=O) groups is 1. The first-order valence-corrected chi connectivity index (χ1v) is 11.3. The lowest BCUT2D eigenvalue weighted by atomic mass is 10.1. The van der Waals surface area contributed by atoms with E-state index in [-0.39, 0.29) is 12.5 Å². The van der Waals surface area contributed by atoms with Crippen molar-refractivity contribution in [3.63, 3.8) is 0 Å². The number of methoxy groups -OCH3 is 1. The summed E-state index contributed by atoms with van der Waals surface area (Å²) < 4.78 is 10.9. The first kappa shape index (κ1) is 22.1. The smallest absolute Gasteiger partial charge is 0.248 e. The standard InChI is InChI=1S/C26H27N5O3/c1-33-18-26(32)31-12-10-30(11-13-31)17-19-2-3-21-15-23(6-4-20(21)14-19)34-25-7-5-22(16-27-25)24-8-9-28-29-24/h2-9,14-16H,10-13,17-18H2,1H3,(H,28,29). The van der Waals surface area contributed by atoms with Crippen LogP contribution in [0.5, 0.6) is 11.6 Å². The van der Waals surface area contributed by atoms with Crippen LogP contribution in [0.3, 0.4) is 0 Å². The normalized spacial score (nSPS) is 14.4. The highest BCUT2D eigenvalue weighted by Gasteiger charge is 2.20. The minimum absolute atomic E-state index is 0.0647. The van der Waals surface area contributed by atoms with Crippen molar-refractivity contribution in [1.82, 2.24) is 25.0 Å². The fourth-order valence-corrected chi connectivity index (χ4v) is 4.20. The van der Waals surface area contributed by atoms with E-state index in [4.69, 9.17) is 9.47 Å². The largest absolute Gasteiger partial charge is 0.439 e. The summed E-state index contributed by atoms with van der Waals surface area (Å²) in [5.74, 6) is 1.36. The van der Waals surface area contributed by atoms with Crippen molar-refractivity contribution in [2.24, 2.45) is 0 Å². The number of amides is 1. The second-order valence-corrected chi connectivity index (χ2v) is 8.39. The number of fused-ring (bicyclic) bond motifs is 1. The maximum Gasteiger partial charge on any atom is 0.248 e. The zero-order valence-corrected chi connectivity index (χ0v) is 19.1. The molecule has 4 aromatic rings. The minimum atomic E-state index is 0.0647. The number of carbonyl (C=O) groups excluding carboxylic acids is 1. The van der Waals surface area contributed by atoms with E-state index in [2.05, 4.69) is 44.3 Å². The predicted octanol–water partition coefficient (Wildman–Crippen LogP) is 3.71. The van der Waals surface area contributed by atoms with E-state index in [1.807, 2.05) is 35.2 Å². The van der Waals surface area contributed by atoms with Crippen LogP contribution in [-0.4, -0.2) is 70.8 Å². The van der Waals surface area contributed by atoms with Crippen molar-refractivity contribution in [1.29, 1.82) is 0 Å². The summed E-state index contributed by atoms with van der Waals surface area (Å²) in [7, 11) is 1.56. The van der Waals surface area contributed by atoms with Crippen molar-refractivity contribution in [2.75, 3.05) is 39.9 Å². The van der Waals surface area contributed by atoms with Crippen molar-refractivity contribution in [3.05, 3.63) is 72.6 Å². The Kier molecular flexibility index (Phi) is 6.51. The average Bonchev–Trinajstić information content (AvgIpc) is 3.40. The molecule has 3 heterocycles. The number of piperazine rings is 1. The van der Waals surface area contributed by atoms with Gasteiger partial charge in [-0.1, -0.05) is 18.2 Å². The molecule has 2 aromatic heterocycles. The van der Waals surface area contributed by atoms with Gasteiger partial charge in [0.05, 0.1) is 5.69 Å². The van der Waals surface area contributed by atoms with Gasteiger partial charge in [-0.15, -0.1) is 0 Å². The summed E-state index contributed by atoms with van der Waals surface area (Å²) in [5.41, 5.74) is 3.13. The third kappa shape index (κ3) is 5.08. The van der Waals surface area contributed by atoms with Gasteiger partial charge in [0, 0.05) is 63.9 Å². The number of aromatic amines is 1. The van der Waals surface area contributed by atoms with Crippen molar-refractivity contribution >= 4 is 16.7 Å². The number of nitrogens with one attached hydrogen (secondary N) is 1. The number of ether oxygens (including phenoxy) is 2. The topological polar surface area (TPSA) is 83.6 Å². The number of rotatable bonds is 7. The summed E-state index contributed by atoms with van der Waals surface area (Å²) >= 11 is 0. The Bertz CT molecular complexity index is 1250. The third-order valence-electron chi connectivity index (χ3n) is 6.05. The van der Waals surface area contributed by atoms with Crippen LogP contribution in [0.25, 0.3) is 22.0 Å². The van der Waals surface area contributed by atoms with Gasteiger partial charge in [-0.05, 0) is 46.7 Å². The summed E-state index contributed by atoms with van der Waals surface area (Å²) in [4.78, 5) is 20.6. The fourth-order valence-electron chi connectivity index (χ4n) is 4.20. The molecule has 1 aliphatic heterocycles. The highest BCUT2D eigenvalue weighted by Crippen LogP contribution is 2.27. The van der Waals surface area contributed by atoms with Crippen molar-refractivity contribution < 1.29 is 14.3 Å². The SMILES string of the molecule is COCC(=O)N1CCN(Cc2ccc3cc(Oc4ccc(-c5ccn[nH]5)cn4)ccc3c2)CC1. The highest BCUT2D eigenvalue weighted by molar-refractivity contribution is 5.84. The maximum absolute atomic E-state index is 12.0. The van der Waals surface area contributed by atoms with E-state index < -0.39 is 0 Å². The molecule has 1 N–H and O–H groups in total. The molecule has 0 bridgehead atoms. The number of pyridine rings is 1. The minimum Gasteiger partial charge on any atom is -0.439 e. The zero-order chi connectivity index (χ0) is 23.3. The molecular formula is C26H27N5O3. The summed E-state index contributed by atoms with van der Waals surface area (Å²) in [5, 5.41) is 9.18. The quantitative estimate of drug-likeness (QED) is 0.456. The van der Waals surface area contributed by atoms with E-state index in [1.54, 1.807) is 19.5 Å². The lowest BCUT2D eigenvalue weighted by Gasteiger charge is -2.34. The molecule has 8 nitrogen and oxygen atoms in total. The van der Waals surface area contributed by atoms with E-state index in [0.717, 1.165) is 55.1 Å². The van der Waals surface area contributed by atoms with Crippen LogP contribution in [0.1, 0.15) is 5.56 Å². The number of hydrogen-bond acceptors (Lipinski definition) is 6. The fraction of sp³-hybridized carbons (Fsp3) is 0.269. The Labute approximate surface area is 198 Å². The van der Waals surface area contributed by atoms with Crippen LogP contribution < -0.4 is 4.74 Å².